The van der Waals surface area contributed by atoms with E-state index >= 15 is 0 Å². The van der Waals surface area contributed by atoms with Crippen molar-refractivity contribution in [2.24, 2.45) is 0 Å². The summed E-state index contributed by atoms with van der Waals surface area (Å²) in [4.78, 5) is 4.91. The molecular weight excluding hydrogens is 1210 g/mol. The van der Waals surface area contributed by atoms with Crippen LogP contribution >= 0.6 is 0 Å². The van der Waals surface area contributed by atoms with Gasteiger partial charge < -0.3 is 18.3 Å². The Balaban J connectivity index is 1.01. The Kier molecular flexibility index (Phi) is 11.7. The van der Waals surface area contributed by atoms with Crippen molar-refractivity contribution in [3.8, 4) is 51.1 Å². The zero-order valence-corrected chi connectivity index (χ0v) is 54.0. The molecule has 6 nitrogen and oxygen atoms in total. The van der Waals surface area contributed by atoms with E-state index < -0.39 is 10.8 Å². The van der Waals surface area contributed by atoms with Gasteiger partial charge in [-0.25, -0.2) is 4.85 Å². The molecule has 0 amide bonds. The first kappa shape index (κ1) is 55.7. The van der Waals surface area contributed by atoms with Crippen molar-refractivity contribution in [3.05, 3.63) is 401 Å². The fourth-order valence-electron chi connectivity index (χ4n) is 18.4. The first-order valence-electron chi connectivity index (χ1n) is 34.2. The minimum atomic E-state index is -0.756. The number of para-hydroxylation sites is 6. The number of aromatic nitrogens is 4. The van der Waals surface area contributed by atoms with E-state index in [9.17, 15) is 11.8 Å². The summed E-state index contributed by atoms with van der Waals surface area (Å²) in [5.74, 6) is 0. The highest BCUT2D eigenvalue weighted by Crippen LogP contribution is 2.61. The van der Waals surface area contributed by atoms with Crippen molar-refractivity contribution in [1.29, 1.82) is 5.26 Å². The van der Waals surface area contributed by atoms with Gasteiger partial charge in [-0.2, -0.15) is 5.26 Å². The maximum absolute atomic E-state index is 13.1. The van der Waals surface area contributed by atoms with Crippen molar-refractivity contribution in [2.75, 3.05) is 0 Å². The zero-order valence-electron chi connectivity index (χ0n) is 54.0. The molecule has 0 N–H and O–H groups in total. The molecule has 0 fully saturated rings. The van der Waals surface area contributed by atoms with E-state index in [2.05, 4.69) is 364 Å². The molecule has 0 bridgehead atoms. The number of rotatable bonds is 8. The lowest BCUT2D eigenvalue weighted by Crippen LogP contribution is -2.28. The van der Waals surface area contributed by atoms with Crippen LogP contribution in [0.1, 0.15) is 50.1 Å². The molecule has 4 heterocycles. The molecule has 21 rings (SSSR count). The summed E-state index contributed by atoms with van der Waals surface area (Å²) < 4.78 is 9.59. The monoisotopic (exact) mass is 1270 g/mol. The highest BCUT2D eigenvalue weighted by Gasteiger charge is 2.49. The quantitative estimate of drug-likeness (QED) is 0.140. The van der Waals surface area contributed by atoms with E-state index in [4.69, 9.17) is 4.85 Å². The topological polar surface area (TPSA) is 47.9 Å². The summed E-state index contributed by atoms with van der Waals surface area (Å²) in [6, 6.07) is 127. The predicted octanol–water partition coefficient (Wildman–Crippen LogP) is 23.2. The Morgan fingerprint density at radius 3 is 0.850 bits per heavy atom. The SMILES string of the molecule is [C-]#[N+]c1c(C#N)c(-n2c3ccccc3c3cc4c(cc32)C(c2ccccc2)(c2ccccc2)c2ccccc2-4)c(-n2c3ccccc3c3ccccc32)c(-n2c3ccccc3c3ccccc32)c1-n1c2ccccc2c2cc3c(cc21)C(c1ccccc1)(c1ccccc1)c1ccccc1-3. The molecule has 0 saturated heterocycles. The van der Waals surface area contributed by atoms with Gasteiger partial charge in [-0.15, -0.1) is 0 Å². The normalized spacial score (nSPS) is 13.3. The lowest BCUT2D eigenvalue weighted by Gasteiger charge is -2.34. The van der Waals surface area contributed by atoms with Crippen molar-refractivity contribution in [2.45, 2.75) is 10.8 Å². The molecule has 4 aromatic heterocycles. The number of nitrogens with zero attached hydrogens (tertiary/aromatic N) is 6. The first-order valence-corrected chi connectivity index (χ1v) is 34.2. The van der Waals surface area contributed by atoms with Gasteiger partial charge >= 0.3 is 0 Å². The third-order valence-corrected chi connectivity index (χ3v) is 22.2. The molecule has 462 valence electrons. The number of benzene rings is 15. The van der Waals surface area contributed by atoms with Crippen molar-refractivity contribution in [1.82, 2.24) is 18.3 Å². The molecule has 15 aromatic carbocycles. The molecule has 19 aromatic rings. The summed E-state index contributed by atoms with van der Waals surface area (Å²) in [6.45, 7) is 10.2. The highest BCUT2D eigenvalue weighted by molar-refractivity contribution is 6.18. The van der Waals surface area contributed by atoms with Gasteiger partial charge in [0, 0.05) is 43.1 Å². The Morgan fingerprint density at radius 1 is 0.250 bits per heavy atom. The van der Waals surface area contributed by atoms with Gasteiger partial charge in [0.25, 0.3) is 0 Å². The number of nitriles is 1. The Labute approximate surface area is 576 Å². The molecule has 100 heavy (non-hydrogen) atoms. The molecule has 0 atom stereocenters. The maximum Gasteiger partial charge on any atom is 0.232 e. The van der Waals surface area contributed by atoms with Crippen LogP contribution in [0.15, 0.2) is 340 Å². The standard InChI is InChI=1S/C94H56N6/c1-96-88-75(58-95)89(99-84-52-28-20-44-69(84)73-54-71-63-38-14-22-46-76(63)93(78(71)56-86(73)99,59-30-6-2-7-31-59)60-32-8-3-9-33-60)91(97-80-48-24-16-40-65(80)66-41-17-25-49-81(66)97)92(98-82-50-26-18-42-67(82)68-43-19-27-51-83(68)98)90(88)100-85-53-29-21-45-70(85)74-55-72-64-39-15-23-47-77(64)94(79(72)57-87(74)100,61-34-10-4-11-35-61)62-36-12-5-13-37-62/h2-57H. The van der Waals surface area contributed by atoms with Gasteiger partial charge in [-0.1, -0.05) is 279 Å². The van der Waals surface area contributed by atoms with Crippen molar-refractivity contribution >= 4 is 92.9 Å². The van der Waals surface area contributed by atoms with E-state index in [1.807, 2.05) is 0 Å². The lowest BCUT2D eigenvalue weighted by molar-refractivity contribution is 0.769. The molecule has 0 saturated carbocycles. The molecular formula is C94H56N6. The minimum Gasteiger partial charge on any atom is -0.317 e. The van der Waals surface area contributed by atoms with Crippen LogP contribution in [0, 0.1) is 17.9 Å². The second-order valence-corrected chi connectivity index (χ2v) is 26.7. The maximum atomic E-state index is 13.1. The van der Waals surface area contributed by atoms with E-state index in [1.54, 1.807) is 0 Å². The molecule has 0 unspecified atom stereocenters. The first-order chi connectivity index (χ1) is 49.6. The zero-order chi connectivity index (χ0) is 66.0. The van der Waals surface area contributed by atoms with Gasteiger partial charge in [0.05, 0.1) is 95.9 Å². The van der Waals surface area contributed by atoms with Gasteiger partial charge in [0.15, 0.2) is 0 Å². The second-order valence-electron chi connectivity index (χ2n) is 26.7. The summed E-state index contributed by atoms with van der Waals surface area (Å²) in [5, 5.41) is 21.5. The van der Waals surface area contributed by atoms with E-state index in [-0.39, 0.29) is 11.3 Å². The number of fused-ring (bicyclic) bond motifs is 18. The van der Waals surface area contributed by atoms with E-state index in [0.29, 0.717) is 11.4 Å². The fourth-order valence-corrected chi connectivity index (χ4v) is 18.4. The molecule has 0 radical (unpaired) electrons. The van der Waals surface area contributed by atoms with Gasteiger partial charge in [-0.05, 0) is 127 Å². The van der Waals surface area contributed by atoms with Gasteiger partial charge in [0.1, 0.15) is 0 Å². The van der Waals surface area contributed by atoms with Crippen LogP contribution in [0.2, 0.25) is 0 Å². The lowest BCUT2D eigenvalue weighted by atomic mass is 9.67. The average Bonchev–Trinajstić information content (AvgIpc) is 1.51. The summed E-state index contributed by atoms with van der Waals surface area (Å²) in [6.07, 6.45) is 0. The van der Waals surface area contributed by atoms with Crippen LogP contribution in [0.25, 0.3) is 137 Å². The largest absolute Gasteiger partial charge is 0.317 e. The third-order valence-electron chi connectivity index (χ3n) is 22.2. The Hall–Kier alpha value is -13.5. The number of hydrogen-bond acceptors (Lipinski definition) is 1. The predicted molar refractivity (Wildman–Crippen MR) is 409 cm³/mol. The fraction of sp³-hybridized carbons (Fsp3) is 0.0213. The molecule has 6 heteroatoms. The molecule has 2 aliphatic rings. The number of hydrogen-bond donors (Lipinski definition) is 0. The van der Waals surface area contributed by atoms with Gasteiger partial charge in [0.2, 0.25) is 5.69 Å². The van der Waals surface area contributed by atoms with Crippen LogP contribution in [-0.2, 0) is 10.8 Å². The second kappa shape index (κ2) is 21.0. The van der Waals surface area contributed by atoms with Crippen LogP contribution in [0.5, 0.6) is 0 Å². The van der Waals surface area contributed by atoms with Crippen LogP contribution in [0.3, 0.4) is 0 Å². The molecule has 0 aliphatic heterocycles. The summed E-state index contributed by atoms with van der Waals surface area (Å²) in [5.41, 5.74) is 23.0. The molecule has 2 aliphatic carbocycles. The molecule has 0 spiro atoms. The van der Waals surface area contributed by atoms with Gasteiger partial charge in [-0.3, -0.25) is 0 Å². The van der Waals surface area contributed by atoms with E-state index in [0.717, 1.165) is 143 Å². The Bertz CT molecular complexity index is 6190. The van der Waals surface area contributed by atoms with Crippen molar-refractivity contribution in [3.63, 3.8) is 0 Å². The van der Waals surface area contributed by atoms with Crippen LogP contribution in [-0.4, -0.2) is 18.3 Å². The van der Waals surface area contributed by atoms with Crippen molar-refractivity contribution < 1.29 is 0 Å². The highest BCUT2D eigenvalue weighted by atomic mass is 15.2. The van der Waals surface area contributed by atoms with Crippen LogP contribution < -0.4 is 0 Å². The van der Waals surface area contributed by atoms with Crippen LogP contribution in [0.4, 0.5) is 5.69 Å². The minimum absolute atomic E-state index is 0.227. The smallest absolute Gasteiger partial charge is 0.232 e. The summed E-state index contributed by atoms with van der Waals surface area (Å²) >= 11 is 0. The average molecular weight is 1270 g/mol. The summed E-state index contributed by atoms with van der Waals surface area (Å²) in [7, 11) is 0. The third kappa shape index (κ3) is 7.17. The van der Waals surface area contributed by atoms with E-state index in [1.165, 1.54) is 22.3 Å². The Morgan fingerprint density at radius 2 is 0.520 bits per heavy atom.